The van der Waals surface area contributed by atoms with Crippen LogP contribution in [0.5, 0.6) is 0 Å². The Kier molecular flexibility index (Phi) is 2.58. The summed E-state index contributed by atoms with van der Waals surface area (Å²) in [5.74, 6) is 0. The van der Waals surface area contributed by atoms with E-state index in [1.54, 1.807) is 7.11 Å². The molecule has 1 atom stereocenters. The molecule has 0 aromatic rings. The Balaban J connectivity index is 1.96. The van der Waals surface area contributed by atoms with E-state index in [0.717, 1.165) is 19.3 Å². The second-order valence-electron chi connectivity index (χ2n) is 5.03. The van der Waals surface area contributed by atoms with Crippen molar-refractivity contribution in [3.05, 3.63) is 0 Å². The zero-order chi connectivity index (χ0) is 10.2. The Morgan fingerprint density at radius 1 is 1.43 bits per heavy atom. The van der Waals surface area contributed by atoms with Crippen molar-refractivity contribution in [2.75, 3.05) is 20.3 Å². The highest BCUT2D eigenvalue weighted by atomic mass is 16.5. The molecule has 0 aromatic heterocycles. The smallest absolute Gasteiger partial charge is 0.0571 e. The summed E-state index contributed by atoms with van der Waals surface area (Å²) in [6.07, 6.45) is 6.21. The van der Waals surface area contributed by atoms with E-state index in [2.05, 4.69) is 0 Å². The summed E-state index contributed by atoms with van der Waals surface area (Å²) in [4.78, 5) is 0. The minimum atomic E-state index is 0.0612. The van der Waals surface area contributed by atoms with E-state index in [9.17, 15) is 5.11 Å². The van der Waals surface area contributed by atoms with Crippen LogP contribution in [0.2, 0.25) is 0 Å². The summed E-state index contributed by atoms with van der Waals surface area (Å²) < 4.78 is 5.35. The Morgan fingerprint density at radius 3 is 2.43 bits per heavy atom. The van der Waals surface area contributed by atoms with Gasteiger partial charge in [-0.15, -0.1) is 0 Å². The molecule has 3 heteroatoms. The van der Waals surface area contributed by atoms with Crippen LogP contribution in [-0.2, 0) is 4.74 Å². The number of aliphatic hydroxyl groups excluding tert-OH is 1. The fourth-order valence-electron chi connectivity index (χ4n) is 3.27. The van der Waals surface area contributed by atoms with Crippen molar-refractivity contribution in [2.45, 2.75) is 38.2 Å². The van der Waals surface area contributed by atoms with Crippen molar-refractivity contribution >= 4 is 0 Å². The van der Waals surface area contributed by atoms with Crippen molar-refractivity contribution in [3.8, 4) is 0 Å². The van der Waals surface area contributed by atoms with Gasteiger partial charge < -0.3 is 15.6 Å². The third-order valence-electron chi connectivity index (χ3n) is 4.59. The van der Waals surface area contributed by atoms with E-state index in [4.69, 9.17) is 10.5 Å². The average molecular weight is 199 g/mol. The molecule has 0 radical (unpaired) electrons. The molecule has 1 spiro atoms. The molecule has 82 valence electrons. The fourth-order valence-corrected chi connectivity index (χ4v) is 3.27. The third kappa shape index (κ3) is 1.30. The number of rotatable bonds is 3. The van der Waals surface area contributed by atoms with Crippen LogP contribution in [0.1, 0.15) is 32.1 Å². The van der Waals surface area contributed by atoms with Crippen molar-refractivity contribution in [3.63, 3.8) is 0 Å². The lowest BCUT2D eigenvalue weighted by molar-refractivity contribution is 0.0375. The second-order valence-corrected chi connectivity index (χ2v) is 5.03. The largest absolute Gasteiger partial charge is 0.396 e. The van der Waals surface area contributed by atoms with Gasteiger partial charge in [0.05, 0.1) is 12.7 Å². The van der Waals surface area contributed by atoms with Gasteiger partial charge in [0.25, 0.3) is 0 Å². The summed E-state index contributed by atoms with van der Waals surface area (Å²) >= 11 is 0. The lowest BCUT2D eigenvalue weighted by Crippen LogP contribution is -2.31. The van der Waals surface area contributed by atoms with Gasteiger partial charge in [-0.3, -0.25) is 0 Å². The monoisotopic (exact) mass is 199 g/mol. The van der Waals surface area contributed by atoms with Crippen LogP contribution in [0.15, 0.2) is 0 Å². The highest BCUT2D eigenvalue weighted by Crippen LogP contribution is 2.69. The quantitative estimate of drug-likeness (QED) is 0.710. The van der Waals surface area contributed by atoms with Crippen LogP contribution < -0.4 is 5.73 Å². The molecule has 2 aliphatic rings. The maximum absolute atomic E-state index is 9.39. The van der Waals surface area contributed by atoms with E-state index in [1.807, 2.05) is 0 Å². The van der Waals surface area contributed by atoms with E-state index in [1.165, 1.54) is 12.8 Å². The first kappa shape index (κ1) is 10.4. The minimum Gasteiger partial charge on any atom is -0.396 e. The number of hydrogen-bond acceptors (Lipinski definition) is 3. The Morgan fingerprint density at radius 2 is 2.07 bits per heavy atom. The number of aliphatic hydroxyl groups is 1. The molecule has 0 aromatic carbocycles. The SMILES string of the molecule is COC1CCC2(CC1)CC2(CN)CO. The van der Waals surface area contributed by atoms with Crippen LogP contribution in [0.25, 0.3) is 0 Å². The fraction of sp³-hybridized carbons (Fsp3) is 1.00. The van der Waals surface area contributed by atoms with Crippen molar-refractivity contribution in [1.29, 1.82) is 0 Å². The molecule has 2 aliphatic carbocycles. The van der Waals surface area contributed by atoms with Gasteiger partial charge in [0.15, 0.2) is 0 Å². The lowest BCUT2D eigenvalue weighted by Gasteiger charge is -2.31. The second kappa shape index (κ2) is 3.47. The summed E-state index contributed by atoms with van der Waals surface area (Å²) in [7, 11) is 1.79. The molecule has 0 saturated heterocycles. The molecule has 0 aliphatic heterocycles. The first-order valence-electron chi connectivity index (χ1n) is 5.56. The number of ether oxygens (including phenoxy) is 1. The summed E-state index contributed by atoms with van der Waals surface area (Å²) in [6, 6.07) is 0. The Labute approximate surface area is 85.6 Å². The maximum atomic E-state index is 9.39. The standard InChI is InChI=1S/C11H21NO2/c1-14-9-2-4-10(5-3-9)6-11(10,7-12)8-13/h9,13H,2-8,12H2,1H3. The van der Waals surface area contributed by atoms with Crippen molar-refractivity contribution in [2.24, 2.45) is 16.6 Å². The summed E-state index contributed by atoms with van der Waals surface area (Å²) in [6.45, 7) is 0.905. The molecule has 2 rings (SSSR count). The van der Waals surface area contributed by atoms with Crippen LogP contribution in [0.4, 0.5) is 0 Å². The van der Waals surface area contributed by atoms with Gasteiger partial charge in [-0.1, -0.05) is 0 Å². The molecule has 0 heterocycles. The molecule has 0 amide bonds. The van der Waals surface area contributed by atoms with Gasteiger partial charge in [-0.2, -0.15) is 0 Å². The van der Waals surface area contributed by atoms with E-state index < -0.39 is 0 Å². The van der Waals surface area contributed by atoms with E-state index in [0.29, 0.717) is 18.1 Å². The van der Waals surface area contributed by atoms with Gasteiger partial charge in [-0.05, 0) is 37.5 Å². The minimum absolute atomic E-state index is 0.0612. The molecule has 3 nitrogen and oxygen atoms in total. The molecule has 14 heavy (non-hydrogen) atoms. The molecule has 3 N–H and O–H groups in total. The highest BCUT2D eigenvalue weighted by Gasteiger charge is 2.65. The normalized spacial score (nSPS) is 46.9. The molecule has 1 unspecified atom stereocenters. The number of nitrogens with two attached hydrogens (primary N) is 1. The van der Waals surface area contributed by atoms with Crippen LogP contribution in [0.3, 0.4) is 0 Å². The van der Waals surface area contributed by atoms with Crippen molar-refractivity contribution in [1.82, 2.24) is 0 Å². The van der Waals surface area contributed by atoms with E-state index >= 15 is 0 Å². The summed E-state index contributed by atoms with van der Waals surface area (Å²) in [5.41, 5.74) is 6.19. The zero-order valence-electron chi connectivity index (χ0n) is 8.96. The number of methoxy groups -OCH3 is 1. The van der Waals surface area contributed by atoms with E-state index in [-0.39, 0.29) is 12.0 Å². The highest BCUT2D eigenvalue weighted by molar-refractivity contribution is 5.15. The van der Waals surface area contributed by atoms with Gasteiger partial charge in [0, 0.05) is 19.1 Å². The number of hydrogen-bond donors (Lipinski definition) is 2. The van der Waals surface area contributed by atoms with Gasteiger partial charge in [-0.25, -0.2) is 0 Å². The maximum Gasteiger partial charge on any atom is 0.0571 e. The third-order valence-corrected chi connectivity index (χ3v) is 4.59. The van der Waals surface area contributed by atoms with Crippen molar-refractivity contribution < 1.29 is 9.84 Å². The summed E-state index contributed by atoms with van der Waals surface area (Å²) in [5, 5.41) is 9.39. The molecular formula is C11H21NO2. The van der Waals surface area contributed by atoms with Crippen LogP contribution in [0, 0.1) is 10.8 Å². The average Bonchev–Trinajstić information content (AvgIpc) is 2.88. The van der Waals surface area contributed by atoms with Gasteiger partial charge >= 0.3 is 0 Å². The van der Waals surface area contributed by atoms with Gasteiger partial charge in [0.1, 0.15) is 0 Å². The first-order chi connectivity index (χ1) is 6.72. The topological polar surface area (TPSA) is 55.5 Å². The lowest BCUT2D eigenvalue weighted by atomic mass is 9.78. The van der Waals surface area contributed by atoms with Crippen LogP contribution >= 0.6 is 0 Å². The predicted octanol–water partition coefficient (Wildman–Crippen LogP) is 0.903. The van der Waals surface area contributed by atoms with Gasteiger partial charge in [0.2, 0.25) is 0 Å². The molecule has 0 bridgehead atoms. The Hall–Kier alpha value is -0.120. The van der Waals surface area contributed by atoms with Crippen LogP contribution in [-0.4, -0.2) is 31.5 Å². The zero-order valence-corrected chi connectivity index (χ0v) is 8.96. The Bertz CT molecular complexity index is 205. The first-order valence-corrected chi connectivity index (χ1v) is 5.56. The molecule has 2 fully saturated rings. The molecule has 2 saturated carbocycles. The molecular weight excluding hydrogens is 178 g/mol. The predicted molar refractivity (Wildman–Crippen MR) is 54.9 cm³/mol.